The number of rotatable bonds is 10. The Bertz CT molecular complexity index is 915. The van der Waals surface area contributed by atoms with E-state index in [4.69, 9.17) is 19.3 Å². The molecule has 2 aromatic rings. The number of methoxy groups -OCH3 is 1. The highest BCUT2D eigenvalue weighted by molar-refractivity contribution is 7.98. The molecule has 0 saturated carbocycles. The molecule has 1 amide bonds. The van der Waals surface area contributed by atoms with Crippen molar-refractivity contribution >= 4 is 29.5 Å². The van der Waals surface area contributed by atoms with Gasteiger partial charge in [0.25, 0.3) is 0 Å². The molecular formula is C22H25NO7S. The second kappa shape index (κ2) is 11.9. The van der Waals surface area contributed by atoms with Gasteiger partial charge in [0, 0.05) is 23.3 Å². The van der Waals surface area contributed by atoms with E-state index in [1.54, 1.807) is 36.9 Å². The lowest BCUT2D eigenvalue weighted by atomic mass is 10.0. The lowest BCUT2D eigenvalue weighted by molar-refractivity contribution is -0.131. The van der Waals surface area contributed by atoms with Crippen molar-refractivity contribution in [3.8, 4) is 11.5 Å². The van der Waals surface area contributed by atoms with E-state index >= 15 is 0 Å². The maximum absolute atomic E-state index is 12.6. The lowest BCUT2D eigenvalue weighted by Crippen LogP contribution is -2.27. The molecular weight excluding hydrogens is 422 g/mol. The summed E-state index contributed by atoms with van der Waals surface area (Å²) in [6, 6.07) is 11.7. The van der Waals surface area contributed by atoms with Crippen LogP contribution in [0.2, 0.25) is 0 Å². The molecule has 2 aromatic carbocycles. The highest BCUT2D eigenvalue weighted by Gasteiger charge is 2.27. The molecule has 0 aliphatic carbocycles. The van der Waals surface area contributed by atoms with Crippen LogP contribution in [-0.4, -0.2) is 48.4 Å². The van der Waals surface area contributed by atoms with Crippen LogP contribution in [0.1, 0.15) is 18.6 Å². The van der Waals surface area contributed by atoms with Gasteiger partial charge in [-0.05, 0) is 61.2 Å². The van der Waals surface area contributed by atoms with Crippen molar-refractivity contribution in [2.45, 2.75) is 24.0 Å². The molecule has 0 aliphatic rings. The zero-order valence-corrected chi connectivity index (χ0v) is 18.2. The number of phenols is 1. The van der Waals surface area contributed by atoms with Crippen LogP contribution < -0.4 is 10.1 Å². The van der Waals surface area contributed by atoms with Crippen molar-refractivity contribution in [3.63, 3.8) is 0 Å². The Morgan fingerprint density at radius 3 is 2.45 bits per heavy atom. The summed E-state index contributed by atoms with van der Waals surface area (Å²) < 4.78 is 16.3. The Labute approximate surface area is 184 Å². The molecule has 2 atom stereocenters. The number of aromatic hydroxyl groups is 1. The molecule has 8 nitrogen and oxygen atoms in total. The topological polar surface area (TPSA) is 114 Å². The molecule has 166 valence electrons. The first-order valence-electron chi connectivity index (χ1n) is 9.39. The molecule has 0 heterocycles. The Balaban J connectivity index is 2.31. The third kappa shape index (κ3) is 7.23. The first-order chi connectivity index (χ1) is 14.9. The molecule has 9 heteroatoms. The summed E-state index contributed by atoms with van der Waals surface area (Å²) in [5.41, 5.74) is 0.938. The van der Waals surface area contributed by atoms with Gasteiger partial charge in [0.15, 0.2) is 17.6 Å². The van der Waals surface area contributed by atoms with Crippen LogP contribution in [-0.2, 0) is 14.3 Å². The minimum Gasteiger partial charge on any atom is -0.504 e. The summed E-state index contributed by atoms with van der Waals surface area (Å²) in [6.07, 6.45) is 1.46. The molecule has 0 unspecified atom stereocenters. The Morgan fingerprint density at radius 1 is 1.19 bits per heavy atom. The summed E-state index contributed by atoms with van der Waals surface area (Å²) in [5, 5.41) is 21.8. The largest absolute Gasteiger partial charge is 0.504 e. The standard InChI is InChI=1S/C22H25NO7S/c1-4-29-19(11-12-20(25)26)21(14-5-10-18(28-2)17(24)13-14)30-22(27)23-15-6-8-16(31-3)9-7-15/h5-13,19,21,24H,4H2,1-3H3,(H,23,27)(H,25,26)/b12-11+/t19-,21-/m1/s1. The zero-order valence-electron chi connectivity index (χ0n) is 17.4. The molecule has 0 bridgehead atoms. The smallest absolute Gasteiger partial charge is 0.412 e. The maximum Gasteiger partial charge on any atom is 0.412 e. The Morgan fingerprint density at radius 2 is 1.90 bits per heavy atom. The second-order valence-electron chi connectivity index (χ2n) is 6.23. The van der Waals surface area contributed by atoms with Crippen LogP contribution in [0, 0.1) is 0 Å². The number of phenolic OH excluding ortho intramolecular Hbond substituents is 1. The van der Waals surface area contributed by atoms with Gasteiger partial charge in [0.2, 0.25) is 0 Å². The van der Waals surface area contributed by atoms with Crippen LogP contribution >= 0.6 is 11.8 Å². The first-order valence-corrected chi connectivity index (χ1v) is 10.6. The molecule has 0 fully saturated rings. The fourth-order valence-electron chi connectivity index (χ4n) is 2.76. The summed E-state index contributed by atoms with van der Waals surface area (Å²) in [7, 11) is 1.41. The van der Waals surface area contributed by atoms with Crippen molar-refractivity contribution in [3.05, 3.63) is 60.2 Å². The number of carbonyl (C=O) groups is 2. The van der Waals surface area contributed by atoms with Gasteiger partial charge in [-0.15, -0.1) is 11.8 Å². The van der Waals surface area contributed by atoms with E-state index in [1.807, 2.05) is 18.4 Å². The molecule has 0 saturated heterocycles. The van der Waals surface area contributed by atoms with E-state index in [0.29, 0.717) is 11.3 Å². The number of hydrogen-bond donors (Lipinski definition) is 3. The van der Waals surface area contributed by atoms with E-state index in [2.05, 4.69) is 5.32 Å². The monoisotopic (exact) mass is 447 g/mol. The van der Waals surface area contributed by atoms with E-state index in [9.17, 15) is 14.7 Å². The Kier molecular flexibility index (Phi) is 9.23. The number of nitrogens with one attached hydrogen (secondary N) is 1. The van der Waals surface area contributed by atoms with Crippen molar-refractivity contribution in [2.24, 2.45) is 0 Å². The number of amides is 1. The number of anilines is 1. The predicted molar refractivity (Wildman–Crippen MR) is 118 cm³/mol. The van der Waals surface area contributed by atoms with Crippen molar-refractivity contribution in [2.75, 3.05) is 25.3 Å². The SMILES string of the molecule is CCO[C@H](/C=C/C(=O)O)[C@H](OC(=O)Nc1ccc(SC)cc1)c1ccc(OC)c(O)c1. The molecule has 31 heavy (non-hydrogen) atoms. The summed E-state index contributed by atoms with van der Waals surface area (Å²) >= 11 is 1.58. The van der Waals surface area contributed by atoms with Crippen LogP contribution in [0.4, 0.5) is 10.5 Å². The molecule has 0 spiro atoms. The van der Waals surface area contributed by atoms with Gasteiger partial charge in [-0.25, -0.2) is 9.59 Å². The number of hydrogen-bond acceptors (Lipinski definition) is 7. The fourth-order valence-corrected chi connectivity index (χ4v) is 3.17. The van der Waals surface area contributed by atoms with Crippen LogP contribution in [0.3, 0.4) is 0 Å². The lowest BCUT2D eigenvalue weighted by Gasteiger charge is -2.25. The van der Waals surface area contributed by atoms with E-state index in [-0.39, 0.29) is 18.1 Å². The minimum absolute atomic E-state index is 0.154. The molecule has 3 N–H and O–H groups in total. The van der Waals surface area contributed by atoms with Gasteiger partial charge in [-0.3, -0.25) is 5.32 Å². The van der Waals surface area contributed by atoms with Crippen molar-refractivity contribution < 1.29 is 34.0 Å². The quantitative estimate of drug-likeness (QED) is 0.361. The first kappa shape index (κ1) is 24.1. The second-order valence-corrected chi connectivity index (χ2v) is 7.11. The summed E-state index contributed by atoms with van der Waals surface area (Å²) in [5.74, 6) is -1.08. The maximum atomic E-state index is 12.6. The van der Waals surface area contributed by atoms with Gasteiger partial charge in [-0.1, -0.05) is 6.07 Å². The van der Waals surface area contributed by atoms with Gasteiger partial charge in [0.05, 0.1) is 7.11 Å². The highest BCUT2D eigenvalue weighted by atomic mass is 32.2. The third-order valence-corrected chi connectivity index (χ3v) is 4.93. The number of aliphatic carboxylic acids is 1. The van der Waals surface area contributed by atoms with E-state index in [0.717, 1.165) is 11.0 Å². The molecule has 0 aliphatic heterocycles. The third-order valence-electron chi connectivity index (χ3n) is 4.19. The number of benzene rings is 2. The van der Waals surface area contributed by atoms with Crippen molar-refractivity contribution in [1.29, 1.82) is 0 Å². The normalized spacial score (nSPS) is 12.9. The highest BCUT2D eigenvalue weighted by Crippen LogP contribution is 2.33. The van der Waals surface area contributed by atoms with Gasteiger partial charge in [-0.2, -0.15) is 0 Å². The average molecular weight is 448 g/mol. The van der Waals surface area contributed by atoms with Gasteiger partial charge < -0.3 is 24.4 Å². The number of thioether (sulfide) groups is 1. The van der Waals surface area contributed by atoms with E-state index in [1.165, 1.54) is 25.3 Å². The number of ether oxygens (including phenoxy) is 3. The van der Waals surface area contributed by atoms with Crippen molar-refractivity contribution in [1.82, 2.24) is 0 Å². The summed E-state index contributed by atoms with van der Waals surface area (Å²) in [6.45, 7) is 1.98. The summed E-state index contributed by atoms with van der Waals surface area (Å²) in [4.78, 5) is 24.6. The van der Waals surface area contributed by atoms with Gasteiger partial charge in [0.1, 0.15) is 6.10 Å². The average Bonchev–Trinajstić information content (AvgIpc) is 2.75. The van der Waals surface area contributed by atoms with E-state index < -0.39 is 24.3 Å². The predicted octanol–water partition coefficient (Wildman–Crippen LogP) is 4.46. The fraction of sp³-hybridized carbons (Fsp3) is 0.273. The molecule has 0 aromatic heterocycles. The van der Waals surface area contributed by atoms with Gasteiger partial charge >= 0.3 is 12.1 Å². The minimum atomic E-state index is -1.17. The number of carbonyl (C=O) groups excluding carboxylic acids is 1. The van der Waals surface area contributed by atoms with Crippen LogP contribution in [0.5, 0.6) is 11.5 Å². The number of carboxylic acid groups (broad SMARTS) is 1. The van der Waals surface area contributed by atoms with Crippen LogP contribution in [0.15, 0.2) is 59.5 Å². The molecule has 0 radical (unpaired) electrons. The number of carboxylic acids is 1. The Hall–Kier alpha value is -3.17. The molecule has 2 rings (SSSR count). The van der Waals surface area contributed by atoms with Crippen LogP contribution in [0.25, 0.3) is 0 Å². The zero-order chi connectivity index (χ0) is 22.8.